The summed E-state index contributed by atoms with van der Waals surface area (Å²) in [5, 5.41) is 0. The number of rotatable bonds is 7. The van der Waals surface area contributed by atoms with E-state index in [0.29, 0.717) is 0 Å². The molecule has 1 N–H and O–H groups in total. The van der Waals surface area contributed by atoms with Crippen molar-refractivity contribution in [3.8, 4) is 0 Å². The normalized spacial score (nSPS) is 15.3. The highest BCUT2D eigenvalue weighted by Gasteiger charge is 2.33. The van der Waals surface area contributed by atoms with E-state index in [4.69, 9.17) is 4.74 Å². The summed E-state index contributed by atoms with van der Waals surface area (Å²) in [6.07, 6.45) is -0.341. The Bertz CT molecular complexity index is 1040. The number of ether oxygens (including phenoxy) is 1. The monoisotopic (exact) mass is 463 g/mol. The zero-order chi connectivity index (χ0) is 23.1. The van der Waals surface area contributed by atoms with Crippen molar-refractivity contribution in [3.63, 3.8) is 0 Å². The number of piperazine rings is 1. The van der Waals surface area contributed by atoms with Crippen molar-refractivity contribution >= 4 is 22.0 Å². The molecule has 1 atom stereocenters. The highest BCUT2D eigenvalue weighted by Crippen LogP contribution is 2.16. The summed E-state index contributed by atoms with van der Waals surface area (Å²) in [6, 6.07) is 12.9. The first-order valence-corrected chi connectivity index (χ1v) is 11.8. The van der Waals surface area contributed by atoms with Gasteiger partial charge in [0.25, 0.3) is 0 Å². The van der Waals surface area contributed by atoms with Gasteiger partial charge in [-0.05, 0) is 31.0 Å². The lowest BCUT2D eigenvalue weighted by atomic mass is 10.1. The molecule has 172 valence electrons. The second kappa shape index (κ2) is 10.6. The van der Waals surface area contributed by atoms with Crippen molar-refractivity contribution in [2.24, 2.45) is 0 Å². The number of benzene rings is 2. The fourth-order valence-electron chi connectivity index (χ4n) is 3.49. The van der Waals surface area contributed by atoms with Crippen molar-refractivity contribution in [3.05, 3.63) is 66.0 Å². The van der Waals surface area contributed by atoms with E-state index >= 15 is 0 Å². The van der Waals surface area contributed by atoms with Crippen molar-refractivity contribution in [2.45, 2.75) is 24.3 Å². The molecule has 0 aromatic heterocycles. The molecule has 1 aliphatic rings. The van der Waals surface area contributed by atoms with Crippen LogP contribution in [0.3, 0.4) is 0 Å². The van der Waals surface area contributed by atoms with E-state index in [1.807, 2.05) is 6.07 Å². The second-order valence-corrected chi connectivity index (χ2v) is 8.99. The number of carbonyl (C=O) groups is 2. The van der Waals surface area contributed by atoms with Gasteiger partial charge in [0.15, 0.2) is 0 Å². The highest BCUT2D eigenvalue weighted by atomic mass is 32.2. The summed E-state index contributed by atoms with van der Waals surface area (Å²) in [7, 11) is -4.28. The standard InChI is InChI=1S/C22H26FN3O5S/c1-2-31-22(28)26-14-12-25(13-15-26)21(27)19(16-17-8-4-3-5-9-17)24-32(29,30)20-11-7-6-10-18(20)23/h3-11,19,24H,2,12-16H2,1H3. The Morgan fingerprint density at radius 3 is 2.22 bits per heavy atom. The average molecular weight is 464 g/mol. The van der Waals surface area contributed by atoms with Gasteiger partial charge in [-0.15, -0.1) is 0 Å². The molecule has 1 unspecified atom stereocenters. The molecule has 2 aromatic rings. The van der Waals surface area contributed by atoms with Gasteiger partial charge in [0.2, 0.25) is 15.9 Å². The molecule has 2 aromatic carbocycles. The Kier molecular flexibility index (Phi) is 7.81. The third kappa shape index (κ3) is 5.83. The molecule has 10 heteroatoms. The maximum Gasteiger partial charge on any atom is 0.409 e. The molecule has 1 saturated heterocycles. The topological polar surface area (TPSA) is 96.0 Å². The molecule has 0 radical (unpaired) electrons. The van der Waals surface area contributed by atoms with Gasteiger partial charge in [-0.3, -0.25) is 4.79 Å². The molecule has 0 spiro atoms. The maximum atomic E-state index is 14.1. The zero-order valence-electron chi connectivity index (χ0n) is 17.7. The number of sulfonamides is 1. The molecular formula is C22H26FN3O5S. The summed E-state index contributed by atoms with van der Waals surface area (Å²) in [6.45, 7) is 3.02. The van der Waals surface area contributed by atoms with Crippen LogP contribution < -0.4 is 4.72 Å². The predicted molar refractivity (Wildman–Crippen MR) is 116 cm³/mol. The maximum absolute atomic E-state index is 14.1. The molecule has 2 amide bonds. The van der Waals surface area contributed by atoms with Gasteiger partial charge in [-0.2, -0.15) is 4.72 Å². The van der Waals surface area contributed by atoms with E-state index in [2.05, 4.69) is 4.72 Å². The Hall–Kier alpha value is -2.98. The number of hydrogen-bond acceptors (Lipinski definition) is 5. The SMILES string of the molecule is CCOC(=O)N1CCN(C(=O)C(Cc2ccccc2)NS(=O)(=O)c2ccccc2F)CC1. The number of carbonyl (C=O) groups excluding carboxylic acids is 2. The predicted octanol–water partition coefficient (Wildman–Crippen LogP) is 2.02. The zero-order valence-corrected chi connectivity index (χ0v) is 18.6. The molecule has 0 aliphatic carbocycles. The van der Waals surface area contributed by atoms with Gasteiger partial charge >= 0.3 is 6.09 Å². The Morgan fingerprint density at radius 2 is 1.59 bits per heavy atom. The van der Waals surface area contributed by atoms with Crippen molar-refractivity contribution in [1.82, 2.24) is 14.5 Å². The Balaban J connectivity index is 1.78. The Labute approximate surface area is 187 Å². The van der Waals surface area contributed by atoms with Crippen LogP contribution in [0.15, 0.2) is 59.5 Å². The highest BCUT2D eigenvalue weighted by molar-refractivity contribution is 7.89. The van der Waals surface area contributed by atoms with E-state index in [1.165, 1.54) is 21.9 Å². The van der Waals surface area contributed by atoms with E-state index in [-0.39, 0.29) is 39.2 Å². The summed E-state index contributed by atoms with van der Waals surface area (Å²) >= 11 is 0. The van der Waals surface area contributed by atoms with E-state index in [9.17, 15) is 22.4 Å². The van der Waals surface area contributed by atoms with Crippen LogP contribution in [0.4, 0.5) is 9.18 Å². The summed E-state index contributed by atoms with van der Waals surface area (Å²) in [5.74, 6) is -1.33. The van der Waals surface area contributed by atoms with Crippen LogP contribution in [0.5, 0.6) is 0 Å². The second-order valence-electron chi connectivity index (χ2n) is 7.31. The van der Waals surface area contributed by atoms with Gasteiger partial charge in [0.05, 0.1) is 6.61 Å². The number of hydrogen-bond donors (Lipinski definition) is 1. The fourth-order valence-corrected chi connectivity index (χ4v) is 4.76. The third-order valence-corrected chi connectivity index (χ3v) is 6.63. The number of halogens is 1. The van der Waals surface area contributed by atoms with Gasteiger partial charge in [-0.25, -0.2) is 17.6 Å². The summed E-state index contributed by atoms with van der Waals surface area (Å²) < 4.78 is 47.2. The minimum absolute atomic E-state index is 0.103. The van der Waals surface area contributed by atoms with E-state index in [1.54, 1.807) is 31.2 Å². The van der Waals surface area contributed by atoms with Crippen LogP contribution in [0.1, 0.15) is 12.5 Å². The van der Waals surface area contributed by atoms with Crippen LogP contribution in [0.25, 0.3) is 0 Å². The smallest absolute Gasteiger partial charge is 0.409 e. The summed E-state index contributed by atoms with van der Waals surface area (Å²) in [4.78, 5) is 27.7. The van der Waals surface area contributed by atoms with Gasteiger partial charge < -0.3 is 14.5 Å². The van der Waals surface area contributed by atoms with Crippen molar-refractivity contribution < 1.29 is 27.1 Å². The molecular weight excluding hydrogens is 437 g/mol. The number of nitrogens with zero attached hydrogens (tertiary/aromatic N) is 2. The lowest BCUT2D eigenvalue weighted by Gasteiger charge is -2.36. The van der Waals surface area contributed by atoms with Crippen LogP contribution >= 0.6 is 0 Å². The van der Waals surface area contributed by atoms with Gasteiger partial charge in [0, 0.05) is 26.2 Å². The lowest BCUT2D eigenvalue weighted by molar-refractivity contribution is -0.134. The van der Waals surface area contributed by atoms with Crippen molar-refractivity contribution in [1.29, 1.82) is 0 Å². The minimum Gasteiger partial charge on any atom is -0.450 e. The van der Waals surface area contributed by atoms with E-state index in [0.717, 1.165) is 17.7 Å². The largest absolute Gasteiger partial charge is 0.450 e. The molecule has 1 fully saturated rings. The molecule has 0 bridgehead atoms. The molecule has 32 heavy (non-hydrogen) atoms. The van der Waals surface area contributed by atoms with Crippen molar-refractivity contribution in [2.75, 3.05) is 32.8 Å². The summed E-state index contributed by atoms with van der Waals surface area (Å²) in [5.41, 5.74) is 0.757. The molecule has 1 aliphatic heterocycles. The van der Waals surface area contributed by atoms with Crippen LogP contribution in [-0.2, 0) is 26.0 Å². The first kappa shape index (κ1) is 23.7. The molecule has 3 rings (SSSR count). The van der Waals surface area contributed by atoms with E-state index < -0.39 is 38.8 Å². The fraction of sp³-hybridized carbons (Fsp3) is 0.364. The molecule has 1 heterocycles. The lowest BCUT2D eigenvalue weighted by Crippen LogP contribution is -2.56. The average Bonchev–Trinajstić information content (AvgIpc) is 2.79. The minimum atomic E-state index is -4.28. The Morgan fingerprint density at radius 1 is 1.00 bits per heavy atom. The third-order valence-electron chi connectivity index (χ3n) is 5.12. The van der Waals surface area contributed by atoms with Crippen LogP contribution in [0.2, 0.25) is 0 Å². The first-order valence-electron chi connectivity index (χ1n) is 10.3. The first-order chi connectivity index (χ1) is 15.3. The van der Waals surface area contributed by atoms with Gasteiger partial charge in [-0.1, -0.05) is 42.5 Å². The quantitative estimate of drug-likeness (QED) is 0.678. The number of amides is 2. The van der Waals surface area contributed by atoms with Crippen LogP contribution in [-0.4, -0.2) is 69.0 Å². The van der Waals surface area contributed by atoms with Crippen LogP contribution in [0, 0.1) is 5.82 Å². The van der Waals surface area contributed by atoms with Gasteiger partial charge in [0.1, 0.15) is 16.8 Å². The molecule has 8 nitrogen and oxygen atoms in total. The number of nitrogens with one attached hydrogen (secondary N) is 1. The molecule has 0 saturated carbocycles.